The Morgan fingerprint density at radius 1 is 1.12 bits per heavy atom. The molecule has 2 aromatic rings. The minimum atomic E-state index is -0.460. The summed E-state index contributed by atoms with van der Waals surface area (Å²) in [5, 5.41) is 16.5. The molecule has 0 fully saturated rings. The van der Waals surface area contributed by atoms with Gasteiger partial charge in [-0.15, -0.1) is 0 Å². The molecule has 0 saturated heterocycles. The summed E-state index contributed by atoms with van der Waals surface area (Å²) >= 11 is 0. The average Bonchev–Trinajstić information content (AvgIpc) is 2.84. The molecule has 1 heterocycles. The van der Waals surface area contributed by atoms with Crippen molar-refractivity contribution in [2.45, 2.75) is 13.8 Å². The highest BCUT2D eigenvalue weighted by Gasteiger charge is 2.28. The summed E-state index contributed by atoms with van der Waals surface area (Å²) in [6, 6.07) is 13.6. The fourth-order valence-electron chi connectivity index (χ4n) is 2.44. The van der Waals surface area contributed by atoms with Gasteiger partial charge in [-0.25, -0.2) is 0 Å². The van der Waals surface area contributed by atoms with Crippen molar-refractivity contribution in [2.75, 3.05) is 5.01 Å². The van der Waals surface area contributed by atoms with Crippen molar-refractivity contribution in [1.82, 2.24) is 0 Å². The third-order valence-electron chi connectivity index (χ3n) is 3.73. The summed E-state index contributed by atoms with van der Waals surface area (Å²) in [6.45, 7) is 3.72. The highest BCUT2D eigenvalue weighted by molar-refractivity contribution is 6.32. The topological polar surface area (TPSA) is 75.8 Å². The van der Waals surface area contributed by atoms with Gasteiger partial charge in [0, 0.05) is 12.1 Å². The molecule has 0 atom stereocenters. The van der Waals surface area contributed by atoms with Crippen LogP contribution in [0.5, 0.6) is 0 Å². The van der Waals surface area contributed by atoms with E-state index in [2.05, 4.69) is 5.10 Å². The number of carbonyl (C=O) groups excluding carboxylic acids is 1. The quantitative estimate of drug-likeness (QED) is 0.491. The largest absolute Gasteiger partial charge is 0.280 e. The van der Waals surface area contributed by atoms with Gasteiger partial charge in [0.1, 0.15) is 0 Å². The summed E-state index contributed by atoms with van der Waals surface area (Å²) in [5.74, 6) is -0.247. The van der Waals surface area contributed by atoms with Gasteiger partial charge in [0.25, 0.3) is 11.6 Å². The number of hydrogen-bond acceptors (Lipinski definition) is 4. The molecule has 0 N–H and O–H groups in total. The lowest BCUT2D eigenvalue weighted by molar-refractivity contribution is -0.384. The molecule has 0 saturated carbocycles. The lowest BCUT2D eigenvalue weighted by Gasteiger charge is -2.11. The number of carbonyl (C=O) groups is 1. The van der Waals surface area contributed by atoms with Crippen molar-refractivity contribution in [3.63, 3.8) is 0 Å². The molecule has 0 spiro atoms. The Morgan fingerprint density at radius 3 is 2.50 bits per heavy atom. The predicted octanol–water partition coefficient (Wildman–Crippen LogP) is 3.71. The fourth-order valence-corrected chi connectivity index (χ4v) is 2.44. The van der Waals surface area contributed by atoms with E-state index in [-0.39, 0.29) is 11.6 Å². The number of benzene rings is 2. The molecule has 6 heteroatoms. The van der Waals surface area contributed by atoms with Crippen LogP contribution in [0.4, 0.5) is 11.4 Å². The van der Waals surface area contributed by atoms with Gasteiger partial charge in [-0.3, -0.25) is 14.9 Å². The average molecular weight is 321 g/mol. The van der Waals surface area contributed by atoms with Crippen molar-refractivity contribution in [2.24, 2.45) is 5.10 Å². The van der Waals surface area contributed by atoms with Crippen molar-refractivity contribution in [3.05, 3.63) is 75.3 Å². The first kappa shape index (κ1) is 15.6. The first-order valence-corrected chi connectivity index (χ1v) is 7.38. The van der Waals surface area contributed by atoms with Gasteiger partial charge in [-0.05, 0) is 37.6 Å². The van der Waals surface area contributed by atoms with E-state index in [1.54, 1.807) is 25.1 Å². The molecule has 120 valence electrons. The maximum atomic E-state index is 12.6. The molecule has 6 nitrogen and oxygen atoms in total. The van der Waals surface area contributed by atoms with Gasteiger partial charge in [-0.1, -0.05) is 29.8 Å². The SMILES string of the molecule is CC1=NN(c2ccc(C)cc2)C(=O)/C1=C/c1cccc([N+](=O)[O-])c1. The number of amides is 1. The zero-order valence-electron chi connectivity index (χ0n) is 13.3. The van der Waals surface area contributed by atoms with Crippen LogP contribution in [0.2, 0.25) is 0 Å². The molecule has 24 heavy (non-hydrogen) atoms. The number of aryl methyl sites for hydroxylation is 1. The maximum Gasteiger partial charge on any atom is 0.280 e. The van der Waals surface area contributed by atoms with Crippen LogP contribution in [-0.4, -0.2) is 16.5 Å². The normalized spacial score (nSPS) is 15.8. The third-order valence-corrected chi connectivity index (χ3v) is 3.73. The second kappa shape index (κ2) is 6.08. The van der Waals surface area contributed by atoms with Gasteiger partial charge in [0.15, 0.2) is 0 Å². The Kier molecular flexibility index (Phi) is 3.95. The molecule has 1 aliphatic rings. The van der Waals surface area contributed by atoms with E-state index < -0.39 is 4.92 Å². The highest BCUT2D eigenvalue weighted by atomic mass is 16.6. The zero-order valence-corrected chi connectivity index (χ0v) is 13.3. The first-order valence-electron chi connectivity index (χ1n) is 7.38. The Morgan fingerprint density at radius 2 is 1.83 bits per heavy atom. The number of anilines is 1. The second-order valence-electron chi connectivity index (χ2n) is 5.55. The lowest BCUT2D eigenvalue weighted by atomic mass is 10.1. The second-order valence-corrected chi connectivity index (χ2v) is 5.55. The van der Waals surface area contributed by atoms with Gasteiger partial charge in [-0.2, -0.15) is 10.1 Å². The van der Waals surface area contributed by atoms with Crippen LogP contribution in [0.1, 0.15) is 18.1 Å². The fraction of sp³-hybridized carbons (Fsp3) is 0.111. The molecule has 2 aromatic carbocycles. The zero-order chi connectivity index (χ0) is 17.3. The van der Waals surface area contributed by atoms with E-state index in [0.717, 1.165) is 5.56 Å². The minimum absolute atomic E-state index is 0.0141. The van der Waals surface area contributed by atoms with Crippen LogP contribution in [0.25, 0.3) is 6.08 Å². The summed E-state index contributed by atoms with van der Waals surface area (Å²) < 4.78 is 0. The lowest BCUT2D eigenvalue weighted by Crippen LogP contribution is -2.21. The van der Waals surface area contributed by atoms with Gasteiger partial charge in [0.05, 0.1) is 21.9 Å². The molecule has 0 radical (unpaired) electrons. The predicted molar refractivity (Wildman–Crippen MR) is 92.8 cm³/mol. The van der Waals surface area contributed by atoms with Crippen molar-refractivity contribution < 1.29 is 9.72 Å². The van der Waals surface area contributed by atoms with E-state index in [4.69, 9.17) is 0 Å². The maximum absolute atomic E-state index is 12.6. The molecule has 0 aromatic heterocycles. The van der Waals surface area contributed by atoms with Crippen LogP contribution in [0, 0.1) is 17.0 Å². The molecule has 1 aliphatic heterocycles. The van der Waals surface area contributed by atoms with E-state index >= 15 is 0 Å². The Bertz CT molecular complexity index is 883. The van der Waals surface area contributed by atoms with Crippen molar-refractivity contribution in [1.29, 1.82) is 0 Å². The molecule has 0 bridgehead atoms. The van der Waals surface area contributed by atoms with E-state index in [1.165, 1.54) is 17.1 Å². The van der Waals surface area contributed by atoms with Crippen LogP contribution in [0.15, 0.2) is 59.2 Å². The van der Waals surface area contributed by atoms with Gasteiger partial charge >= 0.3 is 0 Å². The van der Waals surface area contributed by atoms with E-state index in [0.29, 0.717) is 22.5 Å². The number of nitrogens with zero attached hydrogens (tertiary/aromatic N) is 3. The first-order chi connectivity index (χ1) is 11.5. The number of rotatable bonds is 3. The number of hydrazone groups is 1. The summed E-state index contributed by atoms with van der Waals surface area (Å²) in [4.78, 5) is 23.0. The number of nitro benzene ring substituents is 1. The van der Waals surface area contributed by atoms with Gasteiger partial charge < -0.3 is 0 Å². The van der Waals surface area contributed by atoms with Crippen molar-refractivity contribution in [3.8, 4) is 0 Å². The van der Waals surface area contributed by atoms with Gasteiger partial charge in [0.2, 0.25) is 0 Å². The number of non-ortho nitro benzene ring substituents is 1. The number of nitro groups is 1. The van der Waals surface area contributed by atoms with Crippen molar-refractivity contribution >= 4 is 29.1 Å². The standard InChI is InChI=1S/C18H15N3O3/c1-12-6-8-15(9-7-12)20-18(22)17(13(2)19-20)11-14-4-3-5-16(10-14)21(23)24/h3-11H,1-2H3/b17-11+. The van der Waals surface area contributed by atoms with Crippen LogP contribution < -0.4 is 5.01 Å². The number of hydrogen-bond donors (Lipinski definition) is 0. The molecule has 1 amide bonds. The summed E-state index contributed by atoms with van der Waals surface area (Å²) in [7, 11) is 0. The highest BCUT2D eigenvalue weighted by Crippen LogP contribution is 2.26. The molecule has 0 unspecified atom stereocenters. The van der Waals surface area contributed by atoms with Crippen LogP contribution in [0.3, 0.4) is 0 Å². The van der Waals surface area contributed by atoms with E-state index in [1.807, 2.05) is 31.2 Å². The third kappa shape index (κ3) is 2.94. The van der Waals surface area contributed by atoms with Crippen LogP contribution >= 0.6 is 0 Å². The summed E-state index contributed by atoms with van der Waals surface area (Å²) in [6.07, 6.45) is 1.63. The Balaban J connectivity index is 1.94. The summed E-state index contributed by atoms with van der Waals surface area (Å²) in [5.41, 5.74) is 3.36. The Hall–Kier alpha value is -3.28. The molecular weight excluding hydrogens is 306 g/mol. The molecule has 3 rings (SSSR count). The monoisotopic (exact) mass is 321 g/mol. The molecular formula is C18H15N3O3. The smallest absolute Gasteiger partial charge is 0.267 e. The van der Waals surface area contributed by atoms with E-state index in [9.17, 15) is 14.9 Å². The Labute approximate surface area is 138 Å². The minimum Gasteiger partial charge on any atom is -0.267 e. The van der Waals surface area contributed by atoms with Crippen LogP contribution in [-0.2, 0) is 4.79 Å². The molecule has 0 aliphatic carbocycles.